The first-order valence-electron chi connectivity index (χ1n) is 5.58. The third-order valence-corrected chi connectivity index (χ3v) is 2.29. The van der Waals surface area contributed by atoms with E-state index in [0.29, 0.717) is 13.2 Å². The van der Waals surface area contributed by atoms with Crippen molar-refractivity contribution in [3.05, 3.63) is 18.0 Å². The zero-order valence-electron chi connectivity index (χ0n) is 10.1. The summed E-state index contributed by atoms with van der Waals surface area (Å²) in [6.45, 7) is 4.85. The van der Waals surface area contributed by atoms with Gasteiger partial charge in [0.2, 0.25) is 0 Å². The molecule has 0 fully saturated rings. The van der Waals surface area contributed by atoms with Crippen molar-refractivity contribution in [2.24, 2.45) is 5.73 Å². The summed E-state index contributed by atoms with van der Waals surface area (Å²) < 4.78 is 12.1. The van der Waals surface area contributed by atoms with Gasteiger partial charge in [0.05, 0.1) is 19.4 Å². The second-order valence-electron chi connectivity index (χ2n) is 3.78. The van der Waals surface area contributed by atoms with E-state index >= 15 is 0 Å². The summed E-state index contributed by atoms with van der Waals surface area (Å²) in [5.74, 6) is 0. The van der Waals surface area contributed by atoms with Crippen LogP contribution in [-0.4, -0.2) is 36.7 Å². The molecule has 0 spiro atoms. The maximum atomic E-state index is 5.74. The van der Waals surface area contributed by atoms with Gasteiger partial charge in [-0.25, -0.2) is 0 Å². The number of nitrogens with zero attached hydrogens (tertiary/aromatic N) is 2. The Balaban J connectivity index is 2.12. The lowest BCUT2D eigenvalue weighted by Gasteiger charge is -2.04. The molecular formula is C11H21N3O2. The highest BCUT2D eigenvalue weighted by Gasteiger charge is 2.02. The van der Waals surface area contributed by atoms with Crippen LogP contribution in [0, 0.1) is 0 Å². The van der Waals surface area contributed by atoms with Crippen LogP contribution in [0.2, 0.25) is 0 Å². The van der Waals surface area contributed by atoms with Crippen molar-refractivity contribution in [2.45, 2.75) is 25.9 Å². The number of ether oxygens (including phenoxy) is 2. The molecule has 1 aromatic heterocycles. The number of aryl methyl sites for hydroxylation is 1. The molecule has 5 heteroatoms. The van der Waals surface area contributed by atoms with Gasteiger partial charge < -0.3 is 15.2 Å². The number of aromatic nitrogens is 2. The maximum Gasteiger partial charge on any atom is 0.0700 e. The Morgan fingerprint density at radius 3 is 2.88 bits per heavy atom. The molecule has 0 amide bonds. The van der Waals surface area contributed by atoms with Crippen LogP contribution >= 0.6 is 0 Å². The van der Waals surface area contributed by atoms with Gasteiger partial charge in [-0.2, -0.15) is 5.10 Å². The van der Waals surface area contributed by atoms with E-state index in [1.807, 2.05) is 24.0 Å². The average Bonchev–Trinajstić information content (AvgIpc) is 2.72. The normalized spacial score (nSPS) is 12.9. The monoisotopic (exact) mass is 227 g/mol. The molecule has 0 radical (unpaired) electrons. The van der Waals surface area contributed by atoms with E-state index in [1.54, 1.807) is 7.11 Å². The summed E-state index contributed by atoms with van der Waals surface area (Å²) in [7, 11) is 1.67. The molecule has 2 N–H and O–H groups in total. The van der Waals surface area contributed by atoms with E-state index in [9.17, 15) is 0 Å². The van der Waals surface area contributed by atoms with E-state index in [2.05, 4.69) is 5.10 Å². The first kappa shape index (κ1) is 13.2. The minimum absolute atomic E-state index is 0.0479. The molecule has 5 nitrogen and oxygen atoms in total. The van der Waals surface area contributed by atoms with Crippen molar-refractivity contribution in [1.29, 1.82) is 0 Å². The van der Waals surface area contributed by atoms with Gasteiger partial charge >= 0.3 is 0 Å². The highest BCUT2D eigenvalue weighted by Crippen LogP contribution is 2.07. The lowest BCUT2D eigenvalue weighted by Crippen LogP contribution is -2.07. The van der Waals surface area contributed by atoms with Gasteiger partial charge in [-0.1, -0.05) is 0 Å². The summed E-state index contributed by atoms with van der Waals surface area (Å²) in [6, 6.07) is 0.0479. The smallest absolute Gasteiger partial charge is 0.0700 e. The fourth-order valence-corrected chi connectivity index (χ4v) is 1.31. The minimum atomic E-state index is 0.0479. The van der Waals surface area contributed by atoms with Crippen LogP contribution in [0.5, 0.6) is 0 Å². The quantitative estimate of drug-likeness (QED) is 0.672. The standard InChI is InChI=1S/C11H21N3O2/c1-10(12)11-8-13-14(9-11)4-3-5-16-7-6-15-2/h8-10H,3-7,12H2,1-2H3. The van der Waals surface area contributed by atoms with Crippen LogP contribution in [0.25, 0.3) is 0 Å². The molecule has 0 aliphatic rings. The zero-order chi connectivity index (χ0) is 11.8. The van der Waals surface area contributed by atoms with Gasteiger partial charge in [0.25, 0.3) is 0 Å². The van der Waals surface area contributed by atoms with Crippen LogP contribution < -0.4 is 5.73 Å². The molecule has 1 aromatic rings. The fourth-order valence-electron chi connectivity index (χ4n) is 1.31. The molecule has 1 heterocycles. The van der Waals surface area contributed by atoms with Crippen molar-refractivity contribution in [3.63, 3.8) is 0 Å². The minimum Gasteiger partial charge on any atom is -0.382 e. The third kappa shape index (κ3) is 4.74. The van der Waals surface area contributed by atoms with Gasteiger partial charge in [0.1, 0.15) is 0 Å². The lowest BCUT2D eigenvalue weighted by atomic mass is 10.2. The van der Waals surface area contributed by atoms with Crippen LogP contribution in [0.1, 0.15) is 24.9 Å². The number of hydrogen-bond donors (Lipinski definition) is 1. The van der Waals surface area contributed by atoms with Gasteiger partial charge in [-0.05, 0) is 13.3 Å². The molecule has 0 aliphatic carbocycles. The number of hydrogen-bond acceptors (Lipinski definition) is 4. The molecule has 92 valence electrons. The van der Waals surface area contributed by atoms with Crippen LogP contribution in [-0.2, 0) is 16.0 Å². The topological polar surface area (TPSA) is 62.3 Å². The Kier molecular flexibility index (Phi) is 6.07. The molecule has 1 unspecified atom stereocenters. The van der Waals surface area contributed by atoms with Gasteiger partial charge in [0.15, 0.2) is 0 Å². The van der Waals surface area contributed by atoms with Crippen molar-refractivity contribution in [2.75, 3.05) is 26.9 Å². The predicted molar refractivity (Wildman–Crippen MR) is 62.1 cm³/mol. The molecule has 0 saturated heterocycles. The molecule has 16 heavy (non-hydrogen) atoms. The van der Waals surface area contributed by atoms with Crippen molar-refractivity contribution in [1.82, 2.24) is 9.78 Å². The second kappa shape index (κ2) is 7.38. The van der Waals surface area contributed by atoms with E-state index in [-0.39, 0.29) is 6.04 Å². The largest absolute Gasteiger partial charge is 0.382 e. The van der Waals surface area contributed by atoms with E-state index in [1.165, 1.54) is 0 Å². The molecule has 0 aliphatic heterocycles. The Morgan fingerprint density at radius 2 is 2.25 bits per heavy atom. The maximum absolute atomic E-state index is 5.74. The lowest BCUT2D eigenvalue weighted by molar-refractivity contribution is 0.0677. The highest BCUT2D eigenvalue weighted by molar-refractivity contribution is 5.07. The first-order valence-corrected chi connectivity index (χ1v) is 5.58. The molecule has 1 atom stereocenters. The number of methoxy groups -OCH3 is 1. The Bertz CT molecular complexity index is 287. The third-order valence-electron chi connectivity index (χ3n) is 2.29. The Hall–Kier alpha value is -0.910. The van der Waals surface area contributed by atoms with E-state index in [0.717, 1.165) is 25.1 Å². The van der Waals surface area contributed by atoms with E-state index < -0.39 is 0 Å². The molecule has 0 bridgehead atoms. The fraction of sp³-hybridized carbons (Fsp3) is 0.727. The number of nitrogens with two attached hydrogens (primary N) is 1. The summed E-state index contributed by atoms with van der Waals surface area (Å²) in [4.78, 5) is 0. The van der Waals surface area contributed by atoms with Crippen LogP contribution in [0.4, 0.5) is 0 Å². The van der Waals surface area contributed by atoms with Crippen molar-refractivity contribution < 1.29 is 9.47 Å². The first-order chi connectivity index (χ1) is 7.74. The zero-order valence-corrected chi connectivity index (χ0v) is 10.1. The molecule has 0 saturated carbocycles. The molecule has 1 rings (SSSR count). The summed E-state index contributed by atoms with van der Waals surface area (Å²) >= 11 is 0. The van der Waals surface area contributed by atoms with E-state index in [4.69, 9.17) is 15.2 Å². The van der Waals surface area contributed by atoms with Gasteiger partial charge in [-0.15, -0.1) is 0 Å². The summed E-state index contributed by atoms with van der Waals surface area (Å²) in [5, 5.41) is 4.23. The summed E-state index contributed by atoms with van der Waals surface area (Å²) in [5.41, 5.74) is 6.81. The predicted octanol–water partition coefficient (Wildman–Crippen LogP) is 0.956. The van der Waals surface area contributed by atoms with Gasteiger partial charge in [-0.3, -0.25) is 4.68 Å². The van der Waals surface area contributed by atoms with Crippen molar-refractivity contribution >= 4 is 0 Å². The second-order valence-corrected chi connectivity index (χ2v) is 3.78. The van der Waals surface area contributed by atoms with Crippen LogP contribution in [0.3, 0.4) is 0 Å². The Morgan fingerprint density at radius 1 is 1.44 bits per heavy atom. The Labute approximate surface area is 96.5 Å². The number of rotatable bonds is 8. The average molecular weight is 227 g/mol. The summed E-state index contributed by atoms with van der Waals surface area (Å²) in [6.07, 6.45) is 4.75. The highest BCUT2D eigenvalue weighted by atomic mass is 16.5. The van der Waals surface area contributed by atoms with Crippen molar-refractivity contribution in [3.8, 4) is 0 Å². The SMILES string of the molecule is COCCOCCCn1cc(C(C)N)cn1. The molecule has 0 aromatic carbocycles. The van der Waals surface area contributed by atoms with Crippen LogP contribution in [0.15, 0.2) is 12.4 Å². The molecular weight excluding hydrogens is 206 g/mol. The van der Waals surface area contributed by atoms with Gasteiger partial charge in [0, 0.05) is 38.1 Å².